The summed E-state index contributed by atoms with van der Waals surface area (Å²) in [5.41, 5.74) is 4.68. The predicted molar refractivity (Wildman–Crippen MR) is 57.2 cm³/mol. The molecule has 0 aliphatic rings. The number of benzene rings is 1. The third-order valence-electron chi connectivity index (χ3n) is 1.98. The minimum absolute atomic E-state index is 0.00713. The van der Waals surface area contributed by atoms with E-state index in [1.807, 2.05) is 0 Å². The van der Waals surface area contributed by atoms with E-state index < -0.39 is 22.9 Å². The molecule has 1 atom stereocenters. The third-order valence-corrected chi connectivity index (χ3v) is 1.98. The van der Waals surface area contributed by atoms with Crippen molar-refractivity contribution in [3.8, 4) is 0 Å². The lowest BCUT2D eigenvalue weighted by Gasteiger charge is -2.08. The van der Waals surface area contributed by atoms with Crippen molar-refractivity contribution in [2.24, 2.45) is 5.73 Å². The lowest BCUT2D eigenvalue weighted by molar-refractivity contribution is -0.384. The molecule has 1 aromatic rings. The van der Waals surface area contributed by atoms with Crippen LogP contribution in [0.5, 0.6) is 0 Å². The first-order chi connectivity index (χ1) is 7.91. The molecule has 0 aliphatic heterocycles. The molecule has 0 fully saturated rings. The molecule has 0 saturated heterocycles. The molecule has 7 heteroatoms. The Morgan fingerprint density at radius 2 is 2.12 bits per heavy atom. The van der Waals surface area contributed by atoms with Crippen molar-refractivity contribution in [3.05, 3.63) is 39.9 Å². The van der Waals surface area contributed by atoms with Crippen LogP contribution in [0.1, 0.15) is 17.3 Å². The first-order valence-electron chi connectivity index (χ1n) is 4.66. The summed E-state index contributed by atoms with van der Waals surface area (Å²) in [4.78, 5) is 32.0. The highest BCUT2D eigenvalue weighted by molar-refractivity contribution is 5.92. The van der Waals surface area contributed by atoms with Crippen LogP contribution >= 0.6 is 0 Å². The van der Waals surface area contributed by atoms with Gasteiger partial charge in [0.05, 0.1) is 10.5 Å². The van der Waals surface area contributed by atoms with Crippen molar-refractivity contribution in [3.63, 3.8) is 0 Å². The summed E-state index contributed by atoms with van der Waals surface area (Å²) in [6, 6.07) is 5.01. The van der Waals surface area contributed by atoms with Crippen LogP contribution in [0.15, 0.2) is 24.3 Å². The fraction of sp³-hybridized carbons (Fsp3) is 0.200. The molecule has 0 aromatic heterocycles. The van der Waals surface area contributed by atoms with Crippen LogP contribution in [0.25, 0.3) is 0 Å². The van der Waals surface area contributed by atoms with Crippen molar-refractivity contribution in [1.29, 1.82) is 0 Å². The second-order valence-corrected chi connectivity index (χ2v) is 3.26. The number of amides is 1. The lowest BCUT2D eigenvalue weighted by Crippen LogP contribution is -2.30. The highest BCUT2D eigenvalue weighted by atomic mass is 16.6. The zero-order valence-electron chi connectivity index (χ0n) is 8.95. The first-order valence-corrected chi connectivity index (χ1v) is 4.66. The minimum atomic E-state index is -1.08. The highest BCUT2D eigenvalue weighted by Crippen LogP contribution is 2.14. The average Bonchev–Trinajstić information content (AvgIpc) is 2.28. The summed E-state index contributed by atoms with van der Waals surface area (Å²) in [6.07, 6.45) is -1.08. The Hall–Kier alpha value is -2.44. The van der Waals surface area contributed by atoms with Gasteiger partial charge in [0, 0.05) is 12.1 Å². The Morgan fingerprint density at radius 1 is 1.47 bits per heavy atom. The molecule has 7 nitrogen and oxygen atoms in total. The monoisotopic (exact) mass is 238 g/mol. The van der Waals surface area contributed by atoms with E-state index in [0.29, 0.717) is 0 Å². The van der Waals surface area contributed by atoms with E-state index in [1.54, 1.807) is 0 Å². The molecule has 17 heavy (non-hydrogen) atoms. The van der Waals surface area contributed by atoms with Gasteiger partial charge >= 0.3 is 5.97 Å². The van der Waals surface area contributed by atoms with E-state index in [-0.39, 0.29) is 11.3 Å². The topological polar surface area (TPSA) is 113 Å². The Bertz CT molecular complexity index is 472. The largest absolute Gasteiger partial charge is 0.449 e. The summed E-state index contributed by atoms with van der Waals surface area (Å²) in [6.45, 7) is 1.32. The number of rotatable bonds is 4. The fourth-order valence-electron chi connectivity index (χ4n) is 1.03. The highest BCUT2D eigenvalue weighted by Gasteiger charge is 2.17. The number of esters is 1. The number of nitrogens with two attached hydrogens (primary N) is 1. The summed E-state index contributed by atoms with van der Waals surface area (Å²) < 4.78 is 4.70. The van der Waals surface area contributed by atoms with Gasteiger partial charge in [-0.3, -0.25) is 14.9 Å². The number of nitro groups is 1. The number of hydrogen-bond donors (Lipinski definition) is 1. The second kappa shape index (κ2) is 5.06. The maximum absolute atomic E-state index is 11.5. The van der Waals surface area contributed by atoms with Crippen molar-refractivity contribution in [1.82, 2.24) is 0 Å². The smallest absolute Gasteiger partial charge is 0.339 e. The van der Waals surface area contributed by atoms with Crippen molar-refractivity contribution >= 4 is 17.6 Å². The summed E-state index contributed by atoms with van der Waals surface area (Å²) in [5.74, 6) is -1.62. The van der Waals surface area contributed by atoms with Crippen LogP contribution in [0.2, 0.25) is 0 Å². The van der Waals surface area contributed by atoms with Gasteiger partial charge in [-0.2, -0.15) is 0 Å². The molecule has 0 heterocycles. The van der Waals surface area contributed by atoms with Crippen molar-refractivity contribution < 1.29 is 19.2 Å². The zero-order chi connectivity index (χ0) is 13.0. The van der Waals surface area contributed by atoms with Gasteiger partial charge in [-0.25, -0.2) is 4.79 Å². The normalized spacial score (nSPS) is 11.6. The number of nitrogens with zero attached hydrogens (tertiary/aromatic N) is 1. The van der Waals surface area contributed by atoms with Crippen LogP contribution in [-0.2, 0) is 9.53 Å². The van der Waals surface area contributed by atoms with Crippen LogP contribution in [0.3, 0.4) is 0 Å². The van der Waals surface area contributed by atoms with Gasteiger partial charge in [0.25, 0.3) is 11.6 Å². The molecular weight excluding hydrogens is 228 g/mol. The Labute approximate surface area is 96.3 Å². The molecule has 0 radical (unpaired) electrons. The molecule has 0 bridgehead atoms. The van der Waals surface area contributed by atoms with Crippen LogP contribution < -0.4 is 5.73 Å². The molecule has 0 aliphatic carbocycles. The molecule has 0 spiro atoms. The fourth-order valence-corrected chi connectivity index (χ4v) is 1.03. The molecule has 2 N–H and O–H groups in total. The molecule has 0 unspecified atom stereocenters. The molecular formula is C10H10N2O5. The van der Waals surface area contributed by atoms with Gasteiger partial charge < -0.3 is 10.5 Å². The SMILES string of the molecule is C[C@H](OC(=O)c1cccc([N+](=O)[O-])c1)C(N)=O. The Morgan fingerprint density at radius 3 is 2.65 bits per heavy atom. The zero-order valence-corrected chi connectivity index (χ0v) is 8.95. The van der Waals surface area contributed by atoms with E-state index in [4.69, 9.17) is 10.5 Å². The molecule has 1 aromatic carbocycles. The standard InChI is InChI=1S/C10H10N2O5/c1-6(9(11)13)17-10(14)7-3-2-4-8(5-7)12(15)16/h2-6H,1H3,(H2,11,13)/t6-/m0/s1. The minimum Gasteiger partial charge on any atom is -0.449 e. The summed E-state index contributed by atoms with van der Waals surface area (Å²) in [7, 11) is 0. The Kier molecular flexibility index (Phi) is 3.76. The summed E-state index contributed by atoms with van der Waals surface area (Å²) >= 11 is 0. The van der Waals surface area contributed by atoms with Gasteiger partial charge in [0.2, 0.25) is 0 Å². The number of nitro benzene ring substituents is 1. The van der Waals surface area contributed by atoms with Crippen LogP contribution in [0.4, 0.5) is 5.69 Å². The quantitative estimate of drug-likeness (QED) is 0.469. The number of hydrogen-bond acceptors (Lipinski definition) is 5. The number of primary amides is 1. The summed E-state index contributed by atoms with van der Waals surface area (Å²) in [5, 5.41) is 10.5. The number of carbonyl (C=O) groups excluding carboxylic acids is 2. The average molecular weight is 238 g/mol. The van der Waals surface area contributed by atoms with E-state index in [2.05, 4.69) is 0 Å². The van der Waals surface area contributed by atoms with Crippen molar-refractivity contribution in [2.75, 3.05) is 0 Å². The molecule has 1 rings (SSSR count). The molecule has 0 saturated carbocycles. The maximum atomic E-state index is 11.5. The Balaban J connectivity index is 2.86. The van der Waals surface area contributed by atoms with Gasteiger partial charge in [-0.15, -0.1) is 0 Å². The second-order valence-electron chi connectivity index (χ2n) is 3.26. The molecule has 90 valence electrons. The van der Waals surface area contributed by atoms with E-state index in [9.17, 15) is 19.7 Å². The van der Waals surface area contributed by atoms with E-state index in [1.165, 1.54) is 25.1 Å². The van der Waals surface area contributed by atoms with E-state index in [0.717, 1.165) is 6.07 Å². The first kappa shape index (κ1) is 12.6. The molecule has 1 amide bonds. The van der Waals surface area contributed by atoms with Crippen LogP contribution in [-0.4, -0.2) is 22.9 Å². The third kappa shape index (κ3) is 3.26. The number of non-ortho nitro benzene ring substituents is 1. The number of carbonyl (C=O) groups is 2. The van der Waals surface area contributed by atoms with Gasteiger partial charge in [0.1, 0.15) is 0 Å². The van der Waals surface area contributed by atoms with Crippen LogP contribution in [0, 0.1) is 10.1 Å². The van der Waals surface area contributed by atoms with Gasteiger partial charge in [-0.1, -0.05) is 6.07 Å². The van der Waals surface area contributed by atoms with Gasteiger partial charge in [0.15, 0.2) is 6.10 Å². The van der Waals surface area contributed by atoms with E-state index >= 15 is 0 Å². The maximum Gasteiger partial charge on any atom is 0.339 e. The number of ether oxygens (including phenoxy) is 1. The predicted octanol–water partition coefficient (Wildman–Crippen LogP) is 0.625. The lowest BCUT2D eigenvalue weighted by atomic mass is 10.2. The van der Waals surface area contributed by atoms with Gasteiger partial charge in [-0.05, 0) is 13.0 Å². The van der Waals surface area contributed by atoms with Crippen molar-refractivity contribution in [2.45, 2.75) is 13.0 Å².